The van der Waals surface area contributed by atoms with Gasteiger partial charge in [-0.1, -0.05) is 12.1 Å². The number of imidazole rings is 1. The zero-order chi connectivity index (χ0) is 16.7. The van der Waals surface area contributed by atoms with Gasteiger partial charge in [0.1, 0.15) is 5.69 Å². The van der Waals surface area contributed by atoms with Crippen LogP contribution in [0.15, 0.2) is 48.1 Å². The van der Waals surface area contributed by atoms with Crippen LogP contribution in [0.4, 0.5) is 5.69 Å². The summed E-state index contributed by atoms with van der Waals surface area (Å²) < 4.78 is 3.58. The van der Waals surface area contributed by atoms with Gasteiger partial charge in [0.15, 0.2) is 4.96 Å². The van der Waals surface area contributed by atoms with E-state index in [1.54, 1.807) is 29.1 Å². The van der Waals surface area contributed by atoms with Crippen LogP contribution in [-0.2, 0) is 7.05 Å². The molecule has 1 N–H and O–H groups in total. The second-order valence-electron chi connectivity index (χ2n) is 5.55. The maximum atomic E-state index is 12.3. The van der Waals surface area contributed by atoms with E-state index in [2.05, 4.69) is 15.4 Å². The van der Waals surface area contributed by atoms with Gasteiger partial charge >= 0.3 is 0 Å². The lowest BCUT2D eigenvalue weighted by Gasteiger charge is -2.06. The fourth-order valence-corrected chi connectivity index (χ4v) is 3.31. The van der Waals surface area contributed by atoms with Crippen molar-refractivity contribution in [3.8, 4) is 11.3 Å². The summed E-state index contributed by atoms with van der Waals surface area (Å²) in [6, 6.07) is 9.43. The fraction of sp³-hybridized carbons (Fsp3) is 0.118. The predicted octanol–water partition coefficient (Wildman–Crippen LogP) is 3.36. The average Bonchev–Trinajstić information content (AvgIpc) is 3.22. The van der Waals surface area contributed by atoms with E-state index in [4.69, 9.17) is 0 Å². The highest BCUT2D eigenvalue weighted by atomic mass is 32.1. The van der Waals surface area contributed by atoms with Gasteiger partial charge in [0.25, 0.3) is 5.91 Å². The number of carbonyl (C=O) groups excluding carboxylic acids is 1. The number of nitrogens with one attached hydrogen (secondary N) is 1. The SMILES string of the molecule is Cc1cc(C(=O)Nc2ccc(-c3cn4ccsc4n3)cc2)n(C)n1. The molecule has 1 amide bonds. The molecule has 0 saturated carbocycles. The maximum Gasteiger partial charge on any atom is 0.273 e. The normalized spacial score (nSPS) is 11.1. The summed E-state index contributed by atoms with van der Waals surface area (Å²) in [5.74, 6) is -0.173. The first kappa shape index (κ1) is 14.6. The predicted molar refractivity (Wildman–Crippen MR) is 94.4 cm³/mol. The third-order valence-corrected chi connectivity index (χ3v) is 4.54. The molecule has 0 unspecified atom stereocenters. The van der Waals surface area contributed by atoms with E-state index in [1.807, 2.05) is 53.4 Å². The minimum absolute atomic E-state index is 0.173. The van der Waals surface area contributed by atoms with Gasteiger partial charge in [0, 0.05) is 36.1 Å². The molecule has 1 aromatic carbocycles. The molecule has 4 aromatic rings. The number of nitrogens with zero attached hydrogens (tertiary/aromatic N) is 4. The standard InChI is InChI=1S/C17H15N5OS/c1-11-9-15(21(2)20-11)16(23)18-13-5-3-12(4-6-13)14-10-22-7-8-24-17(22)19-14/h3-10H,1-2H3,(H,18,23). The van der Waals surface area contributed by atoms with Crippen molar-refractivity contribution in [3.63, 3.8) is 0 Å². The molecule has 7 heteroatoms. The lowest BCUT2D eigenvalue weighted by atomic mass is 10.1. The number of rotatable bonds is 3. The monoisotopic (exact) mass is 337 g/mol. The van der Waals surface area contributed by atoms with Crippen LogP contribution >= 0.6 is 11.3 Å². The van der Waals surface area contributed by atoms with Crippen LogP contribution in [0.3, 0.4) is 0 Å². The first-order valence-corrected chi connectivity index (χ1v) is 8.33. The van der Waals surface area contributed by atoms with E-state index in [1.165, 1.54) is 0 Å². The third kappa shape index (κ3) is 2.59. The smallest absolute Gasteiger partial charge is 0.273 e. The van der Waals surface area contributed by atoms with Gasteiger partial charge in [-0.3, -0.25) is 13.9 Å². The first-order valence-electron chi connectivity index (χ1n) is 7.45. The van der Waals surface area contributed by atoms with Gasteiger partial charge in [-0.2, -0.15) is 5.10 Å². The summed E-state index contributed by atoms with van der Waals surface area (Å²) in [6.45, 7) is 1.86. The van der Waals surface area contributed by atoms with Crippen LogP contribution in [0.1, 0.15) is 16.2 Å². The summed E-state index contributed by atoms with van der Waals surface area (Å²) in [7, 11) is 1.76. The molecule has 0 aliphatic rings. The highest BCUT2D eigenvalue weighted by Crippen LogP contribution is 2.23. The van der Waals surface area contributed by atoms with E-state index >= 15 is 0 Å². The zero-order valence-corrected chi connectivity index (χ0v) is 14.0. The molecule has 24 heavy (non-hydrogen) atoms. The Kier molecular flexibility index (Phi) is 3.42. The number of thiazole rings is 1. The Morgan fingerprint density at radius 2 is 2.04 bits per heavy atom. The second kappa shape index (κ2) is 5.61. The van der Waals surface area contributed by atoms with Gasteiger partial charge in [0.2, 0.25) is 0 Å². The van der Waals surface area contributed by atoms with Gasteiger partial charge in [-0.05, 0) is 25.1 Å². The Morgan fingerprint density at radius 3 is 2.71 bits per heavy atom. The summed E-state index contributed by atoms with van der Waals surface area (Å²) in [5.41, 5.74) is 4.02. The number of benzene rings is 1. The van der Waals surface area contributed by atoms with E-state index < -0.39 is 0 Å². The number of carbonyl (C=O) groups is 1. The molecule has 120 valence electrons. The Labute approximate surface area is 142 Å². The second-order valence-corrected chi connectivity index (χ2v) is 6.42. The molecule has 0 fully saturated rings. The van der Waals surface area contributed by atoms with Crippen LogP contribution in [0.25, 0.3) is 16.2 Å². The molecular formula is C17H15N5OS. The van der Waals surface area contributed by atoms with Crippen molar-refractivity contribution < 1.29 is 4.79 Å². The summed E-state index contributed by atoms with van der Waals surface area (Å²) in [4.78, 5) is 17.8. The summed E-state index contributed by atoms with van der Waals surface area (Å²) >= 11 is 1.60. The maximum absolute atomic E-state index is 12.3. The largest absolute Gasteiger partial charge is 0.321 e. The van der Waals surface area contributed by atoms with E-state index in [9.17, 15) is 4.79 Å². The van der Waals surface area contributed by atoms with Crippen molar-refractivity contribution in [1.29, 1.82) is 0 Å². The Morgan fingerprint density at radius 1 is 1.25 bits per heavy atom. The number of anilines is 1. The Balaban J connectivity index is 1.54. The lowest BCUT2D eigenvalue weighted by molar-refractivity contribution is 0.101. The van der Waals surface area contributed by atoms with Crippen LogP contribution in [0.2, 0.25) is 0 Å². The summed E-state index contributed by atoms with van der Waals surface area (Å²) in [6.07, 6.45) is 3.98. The molecule has 0 radical (unpaired) electrons. The van der Waals surface area contributed by atoms with Crippen molar-refractivity contribution in [1.82, 2.24) is 19.2 Å². The molecule has 4 rings (SSSR count). The van der Waals surface area contributed by atoms with Gasteiger partial charge < -0.3 is 5.32 Å². The molecule has 3 heterocycles. The highest BCUT2D eigenvalue weighted by molar-refractivity contribution is 7.15. The average molecular weight is 337 g/mol. The van der Waals surface area contributed by atoms with Crippen molar-refractivity contribution in [3.05, 3.63) is 59.5 Å². The van der Waals surface area contributed by atoms with Crippen LogP contribution in [0.5, 0.6) is 0 Å². The van der Waals surface area contributed by atoms with Gasteiger partial charge in [-0.25, -0.2) is 4.98 Å². The minimum Gasteiger partial charge on any atom is -0.321 e. The number of amides is 1. The molecule has 0 bridgehead atoms. The lowest BCUT2D eigenvalue weighted by Crippen LogP contribution is -2.15. The minimum atomic E-state index is -0.173. The molecule has 6 nitrogen and oxygen atoms in total. The van der Waals surface area contributed by atoms with E-state index in [-0.39, 0.29) is 5.91 Å². The van der Waals surface area contributed by atoms with Crippen molar-refractivity contribution in [2.24, 2.45) is 7.05 Å². The zero-order valence-electron chi connectivity index (χ0n) is 13.2. The molecule has 0 aliphatic carbocycles. The first-order chi connectivity index (χ1) is 11.6. The number of aryl methyl sites for hydroxylation is 2. The molecule has 0 spiro atoms. The number of hydrogen-bond donors (Lipinski definition) is 1. The molecule has 0 atom stereocenters. The van der Waals surface area contributed by atoms with Crippen molar-refractivity contribution in [2.75, 3.05) is 5.32 Å². The van der Waals surface area contributed by atoms with Gasteiger partial charge in [0.05, 0.1) is 11.4 Å². The molecular weight excluding hydrogens is 322 g/mol. The Hall–Kier alpha value is -2.93. The highest BCUT2D eigenvalue weighted by Gasteiger charge is 2.12. The topological polar surface area (TPSA) is 64.2 Å². The quantitative estimate of drug-likeness (QED) is 0.623. The number of aromatic nitrogens is 4. The van der Waals surface area contributed by atoms with Crippen molar-refractivity contribution in [2.45, 2.75) is 6.92 Å². The van der Waals surface area contributed by atoms with E-state index in [0.29, 0.717) is 5.69 Å². The Bertz CT molecular complexity index is 997. The fourth-order valence-electron chi connectivity index (χ4n) is 2.61. The number of hydrogen-bond acceptors (Lipinski definition) is 4. The van der Waals surface area contributed by atoms with Gasteiger partial charge in [-0.15, -0.1) is 11.3 Å². The molecule has 0 saturated heterocycles. The van der Waals surface area contributed by atoms with Crippen LogP contribution in [0, 0.1) is 6.92 Å². The molecule has 3 aromatic heterocycles. The molecule has 0 aliphatic heterocycles. The summed E-state index contributed by atoms with van der Waals surface area (Å²) in [5, 5.41) is 9.08. The third-order valence-electron chi connectivity index (χ3n) is 3.77. The van der Waals surface area contributed by atoms with Crippen molar-refractivity contribution >= 4 is 27.9 Å². The number of fused-ring (bicyclic) bond motifs is 1. The van der Waals surface area contributed by atoms with Crippen LogP contribution in [-0.4, -0.2) is 25.1 Å². The van der Waals surface area contributed by atoms with Crippen LogP contribution < -0.4 is 5.32 Å². The van der Waals surface area contributed by atoms with E-state index in [0.717, 1.165) is 27.6 Å².